The zero-order valence-electron chi connectivity index (χ0n) is 20.9. The van der Waals surface area contributed by atoms with E-state index in [1.807, 2.05) is 18.2 Å². The molecule has 34 heavy (non-hydrogen) atoms. The zero-order valence-corrected chi connectivity index (χ0v) is 21.9. The molecule has 0 bridgehead atoms. The Labute approximate surface area is 206 Å². The normalized spacial score (nSPS) is 15.8. The molecule has 0 aliphatic rings. The first-order chi connectivity index (χ1) is 16.1. The molecule has 0 aromatic heterocycles. The van der Waals surface area contributed by atoms with E-state index in [-0.39, 0.29) is 24.0 Å². The van der Waals surface area contributed by atoms with Crippen molar-refractivity contribution in [1.29, 1.82) is 0 Å². The molecule has 0 heterocycles. The van der Waals surface area contributed by atoms with E-state index in [0.717, 1.165) is 0 Å². The molecule has 0 amide bonds. The Morgan fingerprint density at radius 2 is 1.18 bits per heavy atom. The van der Waals surface area contributed by atoms with Crippen molar-refractivity contribution in [3.8, 4) is 0 Å². The van der Waals surface area contributed by atoms with E-state index in [1.165, 1.54) is 10.4 Å². The van der Waals surface area contributed by atoms with Gasteiger partial charge < -0.3 is 19.7 Å². The second-order valence-corrected chi connectivity index (χ2v) is 14.4. The van der Waals surface area contributed by atoms with Crippen molar-refractivity contribution in [2.45, 2.75) is 82.3 Å². The number of benzene rings is 2. The van der Waals surface area contributed by atoms with Gasteiger partial charge in [-0.25, -0.2) is 0 Å². The molecule has 5 heteroatoms. The van der Waals surface area contributed by atoms with Crippen LogP contribution in [0.5, 0.6) is 0 Å². The number of hydrogen-bond donors (Lipinski definition) is 3. The summed E-state index contributed by atoms with van der Waals surface area (Å²) < 4.78 is 7.15. The lowest BCUT2D eigenvalue weighted by Crippen LogP contribution is -2.67. The van der Waals surface area contributed by atoms with Gasteiger partial charge in [0.15, 0.2) is 0 Å². The minimum atomic E-state index is -2.77. The highest BCUT2D eigenvalue weighted by molar-refractivity contribution is 6.99. The lowest BCUT2D eigenvalue weighted by Gasteiger charge is -2.45. The smallest absolute Gasteiger partial charge is 0.261 e. The van der Waals surface area contributed by atoms with Gasteiger partial charge in [0, 0.05) is 0 Å². The van der Waals surface area contributed by atoms with Crippen molar-refractivity contribution in [1.82, 2.24) is 0 Å². The number of aliphatic hydroxyl groups excluding tert-OH is 3. The summed E-state index contributed by atoms with van der Waals surface area (Å²) >= 11 is 0. The predicted molar refractivity (Wildman–Crippen MR) is 144 cm³/mol. The summed E-state index contributed by atoms with van der Waals surface area (Å²) in [5, 5.41) is 33.4. The van der Waals surface area contributed by atoms with E-state index in [0.29, 0.717) is 19.3 Å². The summed E-state index contributed by atoms with van der Waals surface area (Å²) in [6, 6.07) is 20.8. The van der Waals surface area contributed by atoms with Crippen molar-refractivity contribution >= 4 is 18.7 Å². The van der Waals surface area contributed by atoms with Crippen LogP contribution in [0.4, 0.5) is 0 Å². The lowest BCUT2D eigenvalue weighted by molar-refractivity contribution is 0.0225. The Morgan fingerprint density at radius 3 is 1.62 bits per heavy atom. The van der Waals surface area contributed by atoms with Gasteiger partial charge >= 0.3 is 0 Å². The van der Waals surface area contributed by atoms with Gasteiger partial charge in [-0.1, -0.05) is 93.6 Å². The van der Waals surface area contributed by atoms with Crippen molar-refractivity contribution < 1.29 is 19.7 Å². The first-order valence-electron chi connectivity index (χ1n) is 12.2. The minimum absolute atomic E-state index is 0.172. The summed E-state index contributed by atoms with van der Waals surface area (Å²) in [7, 11) is -2.77. The van der Waals surface area contributed by atoms with Crippen LogP contribution in [0.1, 0.15) is 52.9 Å². The van der Waals surface area contributed by atoms with Gasteiger partial charge in [0.25, 0.3) is 8.32 Å². The van der Waals surface area contributed by atoms with Crippen LogP contribution in [0.15, 0.2) is 86.0 Å². The third-order valence-corrected chi connectivity index (χ3v) is 11.3. The monoisotopic (exact) mass is 482 g/mol. The molecule has 0 spiro atoms. The maximum absolute atomic E-state index is 10.8. The molecule has 0 radical (unpaired) electrons. The highest BCUT2D eigenvalue weighted by Crippen LogP contribution is 2.38. The number of hydrogen-bond acceptors (Lipinski definition) is 4. The molecule has 0 aliphatic heterocycles. The van der Waals surface area contributed by atoms with E-state index in [9.17, 15) is 15.3 Å². The van der Waals surface area contributed by atoms with Gasteiger partial charge in [0.1, 0.15) is 0 Å². The van der Waals surface area contributed by atoms with Gasteiger partial charge in [-0.3, -0.25) is 0 Å². The van der Waals surface area contributed by atoms with Crippen LogP contribution < -0.4 is 10.4 Å². The fourth-order valence-electron chi connectivity index (χ4n) is 4.73. The lowest BCUT2D eigenvalue weighted by atomic mass is 9.99. The Balaban J connectivity index is 2.35. The molecule has 0 fully saturated rings. The average Bonchev–Trinajstić information content (AvgIpc) is 2.77. The number of aliphatic hydroxyl groups is 3. The Bertz CT molecular complexity index is 823. The maximum Gasteiger partial charge on any atom is 0.261 e. The molecule has 0 saturated carbocycles. The van der Waals surface area contributed by atoms with Gasteiger partial charge in [-0.05, 0) is 47.5 Å². The Morgan fingerprint density at radius 1 is 0.735 bits per heavy atom. The highest BCUT2D eigenvalue weighted by atomic mass is 28.4. The second kappa shape index (κ2) is 13.2. The van der Waals surface area contributed by atoms with Gasteiger partial charge in [0.05, 0.1) is 24.4 Å². The van der Waals surface area contributed by atoms with E-state index < -0.39 is 26.6 Å². The standard InChI is InChI=1S/C29H42O4Si/c1-6-14-23(30)20-24(31)21-25(32)22-26(15-7-2)33-34(29(3,4)5,27-16-10-8-11-17-27)28-18-12-9-13-19-28/h6-13,16-19,23-26,30-32H,1-2,14-15,20-22H2,3-5H3/t23-,24-,25+,26+/m1/s1. The quantitative estimate of drug-likeness (QED) is 0.277. The van der Waals surface area contributed by atoms with Crippen LogP contribution in [-0.2, 0) is 4.43 Å². The SMILES string of the molecule is C=CC[C@@H](O)C[C@@H](O)C[C@H](O)C[C@H](CC=C)O[Si](c1ccccc1)(c1ccccc1)C(C)(C)C. The zero-order chi connectivity index (χ0) is 25.2. The molecular formula is C29H42O4Si. The van der Waals surface area contributed by atoms with E-state index in [1.54, 1.807) is 6.08 Å². The predicted octanol–water partition coefficient (Wildman–Crippen LogP) is 4.34. The summed E-state index contributed by atoms with van der Waals surface area (Å²) in [6.45, 7) is 14.2. The van der Waals surface area contributed by atoms with Crippen molar-refractivity contribution in [2.24, 2.45) is 0 Å². The fraction of sp³-hybridized carbons (Fsp3) is 0.448. The fourth-order valence-corrected chi connectivity index (χ4v) is 9.44. The molecule has 0 unspecified atom stereocenters. The van der Waals surface area contributed by atoms with Crippen LogP contribution >= 0.6 is 0 Å². The van der Waals surface area contributed by atoms with E-state index >= 15 is 0 Å². The molecule has 0 saturated heterocycles. The van der Waals surface area contributed by atoms with E-state index in [2.05, 4.69) is 82.5 Å². The number of rotatable bonds is 14. The topological polar surface area (TPSA) is 69.9 Å². The van der Waals surface area contributed by atoms with E-state index in [4.69, 9.17) is 4.43 Å². The third kappa shape index (κ3) is 7.49. The first-order valence-corrected chi connectivity index (χ1v) is 14.1. The molecule has 2 aromatic rings. The molecular weight excluding hydrogens is 440 g/mol. The third-order valence-electron chi connectivity index (χ3n) is 6.25. The summed E-state index contributed by atoms with van der Waals surface area (Å²) in [4.78, 5) is 0. The van der Waals surface area contributed by atoms with Gasteiger partial charge in [0.2, 0.25) is 0 Å². The molecule has 4 nitrogen and oxygen atoms in total. The highest BCUT2D eigenvalue weighted by Gasteiger charge is 2.51. The molecule has 3 N–H and O–H groups in total. The molecule has 0 aliphatic carbocycles. The summed E-state index contributed by atoms with van der Waals surface area (Å²) in [5.74, 6) is 0. The molecule has 2 rings (SSSR count). The minimum Gasteiger partial charge on any atom is -0.404 e. The van der Waals surface area contributed by atoms with Gasteiger partial charge in [-0.2, -0.15) is 0 Å². The van der Waals surface area contributed by atoms with Gasteiger partial charge in [-0.15, -0.1) is 13.2 Å². The second-order valence-electron chi connectivity index (χ2n) is 10.1. The molecule has 186 valence electrons. The van der Waals surface area contributed by atoms with Crippen molar-refractivity contribution in [3.05, 3.63) is 86.0 Å². The van der Waals surface area contributed by atoms with Crippen molar-refractivity contribution in [3.63, 3.8) is 0 Å². The summed E-state index contributed by atoms with van der Waals surface area (Å²) in [6.07, 6.45) is 2.80. The van der Waals surface area contributed by atoms with Crippen molar-refractivity contribution in [2.75, 3.05) is 0 Å². The average molecular weight is 483 g/mol. The summed E-state index contributed by atoms with van der Waals surface area (Å²) in [5.41, 5.74) is 0. The molecule has 2 aromatic carbocycles. The molecule has 4 atom stereocenters. The van der Waals surface area contributed by atoms with Crippen LogP contribution in [0.3, 0.4) is 0 Å². The first kappa shape index (κ1) is 28.2. The van der Waals surface area contributed by atoms with Crippen LogP contribution in [0, 0.1) is 0 Å². The maximum atomic E-state index is 10.8. The van der Waals surface area contributed by atoms with Crippen LogP contribution in [0.25, 0.3) is 0 Å². The Kier molecular flexibility index (Phi) is 10.9. The Hall–Kier alpha value is -2.02. The van der Waals surface area contributed by atoms with Crippen LogP contribution in [-0.4, -0.2) is 48.1 Å². The largest absolute Gasteiger partial charge is 0.404 e. The van der Waals surface area contributed by atoms with Crippen LogP contribution in [0.2, 0.25) is 5.04 Å².